The molecule has 1 heterocycles. The molecule has 1 N–H and O–H groups in total. The van der Waals surface area contributed by atoms with Crippen LogP contribution >= 0.6 is 15.9 Å². The van der Waals surface area contributed by atoms with Crippen molar-refractivity contribution in [2.24, 2.45) is 0 Å². The first-order chi connectivity index (χ1) is 10.2. The van der Waals surface area contributed by atoms with Gasteiger partial charge in [0.1, 0.15) is 5.75 Å². The Kier molecular flexibility index (Phi) is 5.76. The van der Waals surface area contributed by atoms with E-state index in [4.69, 9.17) is 4.74 Å². The summed E-state index contributed by atoms with van der Waals surface area (Å²) in [5, 5.41) is 3.59. The molecule has 2 rings (SSSR count). The molecule has 0 bridgehead atoms. The lowest BCUT2D eigenvalue weighted by atomic mass is 9.97. The van der Waals surface area contributed by atoms with Gasteiger partial charge >= 0.3 is 0 Å². The highest BCUT2D eigenvalue weighted by molar-refractivity contribution is 9.10. The van der Waals surface area contributed by atoms with Gasteiger partial charge in [0.2, 0.25) is 0 Å². The van der Waals surface area contributed by atoms with Crippen molar-refractivity contribution in [1.29, 1.82) is 0 Å². The van der Waals surface area contributed by atoms with Gasteiger partial charge in [-0.25, -0.2) is 0 Å². The van der Waals surface area contributed by atoms with Gasteiger partial charge < -0.3 is 10.1 Å². The number of halogens is 1. The number of ether oxygens (including phenoxy) is 1. The van der Waals surface area contributed by atoms with E-state index in [0.717, 1.165) is 28.9 Å². The van der Waals surface area contributed by atoms with Gasteiger partial charge in [0.15, 0.2) is 0 Å². The lowest BCUT2D eigenvalue weighted by molar-refractivity contribution is 0.414. The van der Waals surface area contributed by atoms with E-state index in [2.05, 4.69) is 52.2 Å². The van der Waals surface area contributed by atoms with Gasteiger partial charge in [-0.3, -0.25) is 4.98 Å². The fraction of sp³-hybridized carbons (Fsp3) is 0.353. The quantitative estimate of drug-likeness (QED) is 0.847. The number of benzene rings is 1. The maximum absolute atomic E-state index is 5.30. The second-order valence-electron chi connectivity index (χ2n) is 4.98. The van der Waals surface area contributed by atoms with Crippen LogP contribution in [0.25, 0.3) is 0 Å². The van der Waals surface area contributed by atoms with E-state index in [1.165, 1.54) is 11.1 Å². The van der Waals surface area contributed by atoms with Crippen LogP contribution in [0.2, 0.25) is 0 Å². The highest BCUT2D eigenvalue weighted by Crippen LogP contribution is 2.30. The maximum atomic E-state index is 5.30. The second kappa shape index (κ2) is 7.57. The number of rotatable bonds is 6. The van der Waals surface area contributed by atoms with E-state index in [0.29, 0.717) is 0 Å². The molecule has 0 amide bonds. The molecule has 4 heteroatoms. The Bertz CT molecular complexity index is 601. The van der Waals surface area contributed by atoms with E-state index in [9.17, 15) is 0 Å². The van der Waals surface area contributed by atoms with Gasteiger partial charge in [0.05, 0.1) is 18.8 Å². The SMILES string of the molecule is CCCNC(c1ccc(OC)cc1C)c1ncccc1Br. The predicted octanol–water partition coefficient (Wildman–Crippen LogP) is 4.25. The summed E-state index contributed by atoms with van der Waals surface area (Å²) < 4.78 is 6.32. The van der Waals surface area contributed by atoms with Crippen LogP contribution in [0.1, 0.15) is 36.2 Å². The number of nitrogens with one attached hydrogen (secondary N) is 1. The third-order valence-corrected chi connectivity index (χ3v) is 4.12. The smallest absolute Gasteiger partial charge is 0.119 e. The first-order valence-electron chi connectivity index (χ1n) is 7.15. The molecule has 1 atom stereocenters. The van der Waals surface area contributed by atoms with Crippen molar-refractivity contribution < 1.29 is 4.74 Å². The van der Waals surface area contributed by atoms with E-state index >= 15 is 0 Å². The molecule has 0 fully saturated rings. The largest absolute Gasteiger partial charge is 0.497 e. The molecule has 0 aliphatic carbocycles. The molecule has 3 nitrogen and oxygen atoms in total. The summed E-state index contributed by atoms with van der Waals surface area (Å²) in [5.74, 6) is 0.880. The van der Waals surface area contributed by atoms with Crippen molar-refractivity contribution in [1.82, 2.24) is 10.3 Å². The molecule has 2 aromatic rings. The van der Waals surface area contributed by atoms with Crippen LogP contribution < -0.4 is 10.1 Å². The third-order valence-electron chi connectivity index (χ3n) is 3.45. The van der Waals surface area contributed by atoms with Crippen LogP contribution in [0.5, 0.6) is 5.75 Å². The fourth-order valence-electron chi connectivity index (χ4n) is 2.35. The zero-order valence-electron chi connectivity index (χ0n) is 12.7. The Morgan fingerprint density at radius 1 is 1.33 bits per heavy atom. The topological polar surface area (TPSA) is 34.1 Å². The number of pyridine rings is 1. The normalized spacial score (nSPS) is 12.2. The molecule has 0 radical (unpaired) electrons. The van der Waals surface area contributed by atoms with E-state index < -0.39 is 0 Å². The van der Waals surface area contributed by atoms with Crippen molar-refractivity contribution in [2.45, 2.75) is 26.3 Å². The number of hydrogen-bond donors (Lipinski definition) is 1. The van der Waals surface area contributed by atoms with Crippen molar-refractivity contribution >= 4 is 15.9 Å². The molecular formula is C17H21BrN2O. The summed E-state index contributed by atoms with van der Waals surface area (Å²) in [6.07, 6.45) is 2.91. The minimum Gasteiger partial charge on any atom is -0.497 e. The lowest BCUT2D eigenvalue weighted by Crippen LogP contribution is -2.25. The van der Waals surface area contributed by atoms with Gasteiger partial charge in [-0.15, -0.1) is 0 Å². The molecule has 112 valence electrons. The lowest BCUT2D eigenvalue weighted by Gasteiger charge is -2.22. The minimum absolute atomic E-state index is 0.0754. The van der Waals surface area contributed by atoms with E-state index in [-0.39, 0.29) is 6.04 Å². The maximum Gasteiger partial charge on any atom is 0.119 e. The zero-order valence-corrected chi connectivity index (χ0v) is 14.3. The van der Waals surface area contributed by atoms with Crippen molar-refractivity contribution in [3.05, 3.63) is 57.8 Å². The number of hydrogen-bond acceptors (Lipinski definition) is 3. The van der Waals surface area contributed by atoms with Gasteiger partial charge in [0, 0.05) is 10.7 Å². The van der Waals surface area contributed by atoms with Crippen molar-refractivity contribution in [3.63, 3.8) is 0 Å². The summed E-state index contributed by atoms with van der Waals surface area (Å²) in [6.45, 7) is 5.22. The number of aromatic nitrogens is 1. The number of methoxy groups -OCH3 is 1. The first-order valence-corrected chi connectivity index (χ1v) is 7.95. The van der Waals surface area contributed by atoms with E-state index in [1.807, 2.05) is 24.4 Å². The Morgan fingerprint density at radius 2 is 2.14 bits per heavy atom. The molecule has 0 spiro atoms. The third kappa shape index (κ3) is 3.83. The molecule has 0 aliphatic rings. The summed E-state index contributed by atoms with van der Waals surface area (Å²) in [4.78, 5) is 4.55. The molecule has 0 saturated carbocycles. The van der Waals surface area contributed by atoms with Gasteiger partial charge in [-0.05, 0) is 71.2 Å². The van der Waals surface area contributed by atoms with Crippen LogP contribution in [0.15, 0.2) is 41.0 Å². The Balaban J connectivity index is 2.43. The predicted molar refractivity (Wildman–Crippen MR) is 89.8 cm³/mol. The molecule has 1 unspecified atom stereocenters. The average Bonchev–Trinajstić information content (AvgIpc) is 2.50. The van der Waals surface area contributed by atoms with Crippen LogP contribution in [0, 0.1) is 6.92 Å². The monoisotopic (exact) mass is 348 g/mol. The van der Waals surface area contributed by atoms with Crippen LogP contribution in [-0.4, -0.2) is 18.6 Å². The van der Waals surface area contributed by atoms with Crippen LogP contribution in [-0.2, 0) is 0 Å². The highest BCUT2D eigenvalue weighted by Gasteiger charge is 2.19. The zero-order chi connectivity index (χ0) is 15.2. The average molecular weight is 349 g/mol. The second-order valence-corrected chi connectivity index (χ2v) is 5.83. The summed E-state index contributed by atoms with van der Waals surface area (Å²) in [5.41, 5.74) is 3.43. The standard InChI is InChI=1S/C17H21BrN2O/c1-4-9-19-16(17-15(18)6-5-10-20-17)14-8-7-13(21-3)11-12(14)2/h5-8,10-11,16,19H,4,9H2,1-3H3. The van der Waals surface area contributed by atoms with Gasteiger partial charge in [0.25, 0.3) is 0 Å². The van der Waals surface area contributed by atoms with Crippen LogP contribution in [0.4, 0.5) is 0 Å². The number of nitrogens with zero attached hydrogens (tertiary/aromatic N) is 1. The number of aryl methyl sites for hydroxylation is 1. The highest BCUT2D eigenvalue weighted by atomic mass is 79.9. The first kappa shape index (κ1) is 16.0. The molecule has 1 aromatic carbocycles. The van der Waals surface area contributed by atoms with Crippen molar-refractivity contribution in [2.75, 3.05) is 13.7 Å². The Hall–Kier alpha value is -1.39. The fourth-order valence-corrected chi connectivity index (χ4v) is 2.84. The summed E-state index contributed by atoms with van der Waals surface area (Å²) >= 11 is 3.61. The molecule has 1 aromatic heterocycles. The van der Waals surface area contributed by atoms with Crippen molar-refractivity contribution in [3.8, 4) is 5.75 Å². The van der Waals surface area contributed by atoms with Gasteiger partial charge in [-0.2, -0.15) is 0 Å². The Morgan fingerprint density at radius 3 is 2.76 bits per heavy atom. The van der Waals surface area contributed by atoms with Crippen LogP contribution in [0.3, 0.4) is 0 Å². The Labute approximate surface area is 134 Å². The molecule has 21 heavy (non-hydrogen) atoms. The van der Waals surface area contributed by atoms with Gasteiger partial charge in [-0.1, -0.05) is 13.0 Å². The molecular weight excluding hydrogens is 328 g/mol. The van der Waals surface area contributed by atoms with E-state index in [1.54, 1.807) is 7.11 Å². The summed E-state index contributed by atoms with van der Waals surface area (Å²) in [6, 6.07) is 10.2. The molecule has 0 aliphatic heterocycles. The molecule has 0 saturated heterocycles. The summed E-state index contributed by atoms with van der Waals surface area (Å²) in [7, 11) is 1.69. The minimum atomic E-state index is 0.0754.